The molecular weight excluding hydrogens is 456 g/mol. The molecule has 0 aromatic carbocycles. The summed E-state index contributed by atoms with van der Waals surface area (Å²) in [6.45, 7) is 14.6. The minimum Gasteiger partial charge on any atom is -0.391 e. The molecule has 11 heteroatoms. The Hall–Kier alpha value is -1.79. The Bertz CT molecular complexity index is 654. The zero-order chi connectivity index (χ0) is 26.4. The highest BCUT2D eigenvalue weighted by atomic mass is 16.5. The molecule has 1 aliphatic heterocycles. The Morgan fingerprint density at radius 1 is 1.03 bits per heavy atom. The predicted molar refractivity (Wildman–Crippen MR) is 132 cm³/mol. The average Bonchev–Trinajstić information content (AvgIpc) is 3.16. The Labute approximate surface area is 209 Å². The van der Waals surface area contributed by atoms with Gasteiger partial charge in [-0.25, -0.2) is 0 Å². The van der Waals surface area contributed by atoms with E-state index < -0.39 is 35.4 Å². The minimum absolute atomic E-state index is 0.0505. The number of carbonyl (C=O) groups is 3. The van der Waals surface area contributed by atoms with Crippen molar-refractivity contribution in [1.82, 2.24) is 20.9 Å². The number of nitrogens with zero attached hydrogens (tertiary/aromatic N) is 1. The standard InChI is InChI=1S/C24H46N4O7/c1-7-25-22(31)19-14-18(29)15-28(19)23(32)21(24(4,5)6)27-20(30)16-35-13-12-34-11-10-33-9-8-26-17(2)3/h17-19,21,26,29H,7-16H2,1-6H3,(H,25,31)(H,27,30). The van der Waals surface area contributed by atoms with Gasteiger partial charge in [0.2, 0.25) is 17.7 Å². The van der Waals surface area contributed by atoms with Gasteiger partial charge in [-0.15, -0.1) is 0 Å². The third-order valence-corrected chi connectivity index (χ3v) is 5.41. The van der Waals surface area contributed by atoms with Crippen LogP contribution >= 0.6 is 0 Å². The molecule has 3 atom stereocenters. The van der Waals surface area contributed by atoms with Crippen LogP contribution in [0.25, 0.3) is 0 Å². The summed E-state index contributed by atoms with van der Waals surface area (Å²) < 4.78 is 16.2. The number of nitrogens with one attached hydrogen (secondary N) is 3. The molecule has 0 saturated carbocycles. The van der Waals surface area contributed by atoms with Crippen LogP contribution in [0.4, 0.5) is 0 Å². The molecule has 11 nitrogen and oxygen atoms in total. The molecule has 0 bridgehead atoms. The van der Waals surface area contributed by atoms with Gasteiger partial charge in [-0.05, 0) is 12.3 Å². The first-order valence-electron chi connectivity index (χ1n) is 12.5. The van der Waals surface area contributed by atoms with Crippen LogP contribution in [0.1, 0.15) is 48.0 Å². The highest BCUT2D eigenvalue weighted by Gasteiger charge is 2.44. The number of hydrogen-bond acceptors (Lipinski definition) is 8. The van der Waals surface area contributed by atoms with Crippen molar-refractivity contribution in [1.29, 1.82) is 0 Å². The highest BCUT2D eigenvalue weighted by molar-refractivity contribution is 5.93. The van der Waals surface area contributed by atoms with Gasteiger partial charge >= 0.3 is 0 Å². The van der Waals surface area contributed by atoms with Crippen LogP contribution in [0.15, 0.2) is 0 Å². The van der Waals surface area contributed by atoms with E-state index in [0.717, 1.165) is 6.54 Å². The van der Waals surface area contributed by atoms with E-state index in [0.29, 0.717) is 39.0 Å². The maximum absolute atomic E-state index is 13.3. The Morgan fingerprint density at radius 2 is 1.63 bits per heavy atom. The number of likely N-dealkylation sites (N-methyl/N-ethyl adjacent to an activating group) is 1. The van der Waals surface area contributed by atoms with Crippen molar-refractivity contribution in [2.24, 2.45) is 5.41 Å². The summed E-state index contributed by atoms with van der Waals surface area (Å²) in [4.78, 5) is 39.6. The molecule has 0 aliphatic carbocycles. The van der Waals surface area contributed by atoms with Gasteiger partial charge in [-0.3, -0.25) is 14.4 Å². The largest absolute Gasteiger partial charge is 0.391 e. The van der Waals surface area contributed by atoms with E-state index in [1.807, 2.05) is 20.8 Å². The third-order valence-electron chi connectivity index (χ3n) is 5.41. The number of amides is 3. The maximum Gasteiger partial charge on any atom is 0.246 e. The van der Waals surface area contributed by atoms with E-state index in [4.69, 9.17) is 14.2 Å². The number of aliphatic hydroxyl groups is 1. The average molecular weight is 503 g/mol. The second-order valence-corrected chi connectivity index (χ2v) is 10.0. The van der Waals surface area contributed by atoms with Crippen molar-refractivity contribution in [3.05, 3.63) is 0 Å². The van der Waals surface area contributed by atoms with E-state index in [9.17, 15) is 19.5 Å². The van der Waals surface area contributed by atoms with Gasteiger partial charge in [0.15, 0.2) is 0 Å². The second-order valence-electron chi connectivity index (χ2n) is 10.0. The summed E-state index contributed by atoms with van der Waals surface area (Å²) in [5.74, 6) is -1.14. The van der Waals surface area contributed by atoms with Gasteiger partial charge < -0.3 is 40.2 Å². The number of aliphatic hydroxyl groups excluding tert-OH is 1. The van der Waals surface area contributed by atoms with Crippen LogP contribution in [0.3, 0.4) is 0 Å². The van der Waals surface area contributed by atoms with Crippen molar-refractivity contribution in [2.75, 3.05) is 59.3 Å². The van der Waals surface area contributed by atoms with E-state index >= 15 is 0 Å². The van der Waals surface area contributed by atoms with Crippen molar-refractivity contribution in [3.63, 3.8) is 0 Å². The van der Waals surface area contributed by atoms with Gasteiger partial charge in [0.25, 0.3) is 0 Å². The minimum atomic E-state index is -0.876. The maximum atomic E-state index is 13.3. The summed E-state index contributed by atoms with van der Waals surface area (Å²) in [6, 6.07) is -1.21. The molecule has 0 aromatic heterocycles. The molecule has 3 amide bonds. The molecule has 0 aromatic rings. The summed E-state index contributed by atoms with van der Waals surface area (Å²) in [5.41, 5.74) is -0.611. The molecule has 0 radical (unpaired) electrons. The molecule has 35 heavy (non-hydrogen) atoms. The van der Waals surface area contributed by atoms with Crippen molar-refractivity contribution in [2.45, 2.75) is 72.2 Å². The molecule has 1 rings (SSSR count). The summed E-state index contributed by atoms with van der Waals surface area (Å²) in [6.07, 6.45) is -0.612. The molecule has 1 saturated heterocycles. The normalized spacial score (nSPS) is 19.1. The molecular formula is C24H46N4O7. The van der Waals surface area contributed by atoms with Crippen molar-refractivity contribution in [3.8, 4) is 0 Å². The van der Waals surface area contributed by atoms with Crippen LogP contribution in [0, 0.1) is 5.41 Å². The Balaban J connectivity index is 2.41. The molecule has 4 N–H and O–H groups in total. The number of hydrogen-bond donors (Lipinski definition) is 4. The topological polar surface area (TPSA) is 138 Å². The number of rotatable bonds is 16. The lowest BCUT2D eigenvalue weighted by atomic mass is 9.85. The number of carbonyl (C=O) groups excluding carboxylic acids is 3. The van der Waals surface area contributed by atoms with E-state index in [1.54, 1.807) is 6.92 Å². The quantitative estimate of drug-likeness (QED) is 0.210. The van der Waals surface area contributed by atoms with Crippen LogP contribution in [0.5, 0.6) is 0 Å². The first kappa shape index (κ1) is 31.2. The summed E-state index contributed by atoms with van der Waals surface area (Å²) >= 11 is 0. The van der Waals surface area contributed by atoms with E-state index in [2.05, 4.69) is 29.8 Å². The highest BCUT2D eigenvalue weighted by Crippen LogP contribution is 2.26. The number of β-amino-alcohol motifs (C(OH)–C–C–N with tert-alkyl or cyclic N) is 1. The van der Waals surface area contributed by atoms with Crippen LogP contribution in [0.2, 0.25) is 0 Å². The van der Waals surface area contributed by atoms with Crippen LogP contribution in [-0.4, -0.2) is 111 Å². The van der Waals surface area contributed by atoms with Crippen LogP contribution in [-0.2, 0) is 28.6 Å². The molecule has 1 fully saturated rings. The first-order valence-corrected chi connectivity index (χ1v) is 12.5. The first-order chi connectivity index (χ1) is 16.5. The Kier molecular flexibility index (Phi) is 14.3. The monoisotopic (exact) mass is 502 g/mol. The number of likely N-dealkylation sites (tertiary alicyclic amines) is 1. The summed E-state index contributed by atoms with van der Waals surface area (Å²) in [7, 11) is 0. The second kappa shape index (κ2) is 16.1. The van der Waals surface area contributed by atoms with E-state index in [-0.39, 0.29) is 32.1 Å². The molecule has 204 valence electrons. The Morgan fingerprint density at radius 3 is 2.20 bits per heavy atom. The fraction of sp³-hybridized carbons (Fsp3) is 0.875. The van der Waals surface area contributed by atoms with Gasteiger partial charge in [0, 0.05) is 32.1 Å². The van der Waals surface area contributed by atoms with Crippen LogP contribution < -0.4 is 16.0 Å². The fourth-order valence-electron chi connectivity index (χ4n) is 3.64. The van der Waals surface area contributed by atoms with E-state index in [1.165, 1.54) is 4.90 Å². The van der Waals surface area contributed by atoms with Crippen molar-refractivity contribution < 1.29 is 33.7 Å². The third kappa shape index (κ3) is 12.1. The molecule has 1 heterocycles. The fourth-order valence-corrected chi connectivity index (χ4v) is 3.64. The zero-order valence-corrected chi connectivity index (χ0v) is 22.2. The lowest BCUT2D eigenvalue weighted by Gasteiger charge is -2.35. The van der Waals surface area contributed by atoms with Gasteiger partial charge in [0.05, 0.1) is 39.1 Å². The van der Waals surface area contributed by atoms with Gasteiger partial charge in [-0.1, -0.05) is 34.6 Å². The van der Waals surface area contributed by atoms with Crippen molar-refractivity contribution >= 4 is 17.7 Å². The zero-order valence-electron chi connectivity index (χ0n) is 22.2. The predicted octanol–water partition coefficient (Wildman–Crippen LogP) is -0.337. The number of ether oxygens (including phenoxy) is 3. The lowest BCUT2D eigenvalue weighted by molar-refractivity contribution is -0.144. The van der Waals surface area contributed by atoms with Gasteiger partial charge in [0.1, 0.15) is 18.7 Å². The van der Waals surface area contributed by atoms with Gasteiger partial charge in [-0.2, -0.15) is 0 Å². The lowest BCUT2D eigenvalue weighted by Crippen LogP contribution is -2.58. The molecule has 0 spiro atoms. The summed E-state index contributed by atoms with van der Waals surface area (Å²) in [5, 5.41) is 18.8. The smallest absolute Gasteiger partial charge is 0.246 e. The molecule has 3 unspecified atom stereocenters. The molecule has 1 aliphatic rings. The SMILES string of the molecule is CCNC(=O)C1CC(O)CN1C(=O)C(NC(=O)COCCOCCOCCNC(C)C)C(C)(C)C.